The van der Waals surface area contributed by atoms with Crippen molar-refractivity contribution in [3.63, 3.8) is 0 Å². The van der Waals surface area contributed by atoms with Crippen LogP contribution >= 0.6 is 0 Å². The molecule has 0 aliphatic carbocycles. The molecule has 0 saturated carbocycles. The normalized spacial score (nSPS) is 17.2. The summed E-state index contributed by atoms with van der Waals surface area (Å²) in [4.78, 5) is 17.8. The van der Waals surface area contributed by atoms with Crippen LogP contribution in [0.1, 0.15) is 19.5 Å². The van der Waals surface area contributed by atoms with Gasteiger partial charge < -0.3 is 15.0 Å². The van der Waals surface area contributed by atoms with Crippen molar-refractivity contribution in [2.24, 2.45) is 5.92 Å². The van der Waals surface area contributed by atoms with Crippen LogP contribution in [0.4, 0.5) is 19.0 Å². The first kappa shape index (κ1) is 17.5. The van der Waals surface area contributed by atoms with Gasteiger partial charge in [-0.15, -0.1) is 0 Å². The monoisotopic (exact) mass is 331 g/mol. The molecule has 2 rings (SSSR count). The van der Waals surface area contributed by atoms with Crippen LogP contribution in [0.15, 0.2) is 18.2 Å². The van der Waals surface area contributed by atoms with Crippen molar-refractivity contribution in [2.45, 2.75) is 26.1 Å². The standard InChI is InChI=1S/C15H20F3N3O2/c1-10(2)13(14(22)21-6-8-23-9-7-21)20-12-5-3-4-11(19-12)15(16,17)18/h3-5,10,13H,6-9H2,1-2H3,(H,19,20)/t13-/m1/s1. The molecule has 23 heavy (non-hydrogen) atoms. The Hall–Kier alpha value is -1.83. The summed E-state index contributed by atoms with van der Waals surface area (Å²) < 4.78 is 43.4. The Morgan fingerprint density at radius 2 is 1.96 bits per heavy atom. The number of carbonyl (C=O) groups excluding carboxylic acids is 1. The van der Waals surface area contributed by atoms with E-state index in [1.807, 2.05) is 13.8 Å². The van der Waals surface area contributed by atoms with Crippen LogP contribution in [0.2, 0.25) is 0 Å². The molecule has 0 bridgehead atoms. The maximum atomic E-state index is 12.7. The van der Waals surface area contributed by atoms with E-state index in [0.29, 0.717) is 26.3 Å². The smallest absolute Gasteiger partial charge is 0.378 e. The number of nitrogens with zero attached hydrogens (tertiary/aromatic N) is 2. The van der Waals surface area contributed by atoms with Crippen LogP contribution in [0.25, 0.3) is 0 Å². The molecule has 128 valence electrons. The summed E-state index contributed by atoms with van der Waals surface area (Å²) >= 11 is 0. The van der Waals surface area contributed by atoms with Crippen LogP contribution < -0.4 is 5.32 Å². The number of hydrogen-bond donors (Lipinski definition) is 1. The van der Waals surface area contributed by atoms with Gasteiger partial charge in [0, 0.05) is 13.1 Å². The Labute approximate surface area is 132 Å². The number of amides is 1. The van der Waals surface area contributed by atoms with Crippen molar-refractivity contribution < 1.29 is 22.7 Å². The van der Waals surface area contributed by atoms with Crippen molar-refractivity contribution in [1.82, 2.24) is 9.88 Å². The second-order valence-corrected chi connectivity index (χ2v) is 5.71. The van der Waals surface area contributed by atoms with E-state index in [1.54, 1.807) is 4.90 Å². The SMILES string of the molecule is CC(C)[C@@H](Nc1cccc(C(F)(F)F)n1)C(=O)N1CCOCC1. The molecule has 1 aromatic rings. The second-order valence-electron chi connectivity index (χ2n) is 5.71. The minimum absolute atomic E-state index is 0.0418. The lowest BCUT2D eigenvalue weighted by Gasteiger charge is -2.32. The number of hydrogen-bond acceptors (Lipinski definition) is 4. The Morgan fingerprint density at radius 1 is 1.30 bits per heavy atom. The van der Waals surface area contributed by atoms with Gasteiger partial charge in [0.15, 0.2) is 0 Å². The summed E-state index contributed by atoms with van der Waals surface area (Å²) in [6.45, 7) is 5.59. The second kappa shape index (κ2) is 7.16. The van der Waals surface area contributed by atoms with Gasteiger partial charge >= 0.3 is 6.18 Å². The van der Waals surface area contributed by atoms with E-state index < -0.39 is 17.9 Å². The molecule has 0 aromatic carbocycles. The molecule has 0 unspecified atom stereocenters. The zero-order valence-corrected chi connectivity index (χ0v) is 13.1. The van der Waals surface area contributed by atoms with Crippen molar-refractivity contribution in [2.75, 3.05) is 31.6 Å². The van der Waals surface area contributed by atoms with Crippen LogP contribution in [0.5, 0.6) is 0 Å². The molecule has 8 heteroatoms. The van der Waals surface area contributed by atoms with Gasteiger partial charge in [-0.05, 0) is 18.1 Å². The summed E-state index contributed by atoms with van der Waals surface area (Å²) in [5.74, 6) is -0.204. The third-order valence-corrected chi connectivity index (χ3v) is 3.60. The highest BCUT2D eigenvalue weighted by atomic mass is 19.4. The molecule has 1 fully saturated rings. The topological polar surface area (TPSA) is 54.5 Å². The van der Waals surface area contributed by atoms with E-state index in [9.17, 15) is 18.0 Å². The van der Waals surface area contributed by atoms with Crippen LogP contribution in [0, 0.1) is 5.92 Å². The molecule has 1 aromatic heterocycles. The Kier molecular flexibility index (Phi) is 5.46. The van der Waals surface area contributed by atoms with Gasteiger partial charge in [-0.2, -0.15) is 13.2 Å². The molecule has 5 nitrogen and oxygen atoms in total. The molecule has 2 heterocycles. The van der Waals surface area contributed by atoms with Gasteiger partial charge in [0.1, 0.15) is 17.6 Å². The zero-order valence-electron chi connectivity index (χ0n) is 13.1. The number of pyridine rings is 1. The quantitative estimate of drug-likeness (QED) is 0.920. The molecular weight excluding hydrogens is 311 g/mol. The van der Waals surface area contributed by atoms with Gasteiger partial charge in [-0.1, -0.05) is 19.9 Å². The first-order chi connectivity index (χ1) is 10.8. The first-order valence-corrected chi connectivity index (χ1v) is 7.46. The highest BCUT2D eigenvalue weighted by molar-refractivity contribution is 5.84. The maximum absolute atomic E-state index is 12.7. The third-order valence-electron chi connectivity index (χ3n) is 3.60. The average molecular weight is 331 g/mol. The number of morpholine rings is 1. The van der Waals surface area contributed by atoms with Gasteiger partial charge in [0.25, 0.3) is 0 Å². The van der Waals surface area contributed by atoms with E-state index in [1.165, 1.54) is 12.1 Å². The Morgan fingerprint density at radius 3 is 2.52 bits per heavy atom. The highest BCUT2D eigenvalue weighted by Gasteiger charge is 2.33. The van der Waals surface area contributed by atoms with Gasteiger partial charge in [0.05, 0.1) is 13.2 Å². The molecule has 1 amide bonds. The van der Waals surface area contributed by atoms with E-state index in [0.717, 1.165) is 6.07 Å². The van der Waals surface area contributed by atoms with E-state index in [-0.39, 0.29) is 17.6 Å². The zero-order chi connectivity index (χ0) is 17.0. The predicted molar refractivity (Wildman–Crippen MR) is 78.9 cm³/mol. The lowest BCUT2D eigenvalue weighted by atomic mass is 10.0. The summed E-state index contributed by atoms with van der Waals surface area (Å²) in [6.07, 6.45) is -4.51. The lowest BCUT2D eigenvalue weighted by molar-refractivity contribution is -0.141. The lowest BCUT2D eigenvalue weighted by Crippen LogP contribution is -2.50. The molecule has 1 aliphatic rings. The number of alkyl halides is 3. The average Bonchev–Trinajstić information content (AvgIpc) is 2.52. The molecule has 0 spiro atoms. The summed E-state index contributed by atoms with van der Waals surface area (Å²) in [6, 6.07) is 2.97. The number of ether oxygens (including phenoxy) is 1. The minimum atomic E-state index is -4.51. The van der Waals surface area contributed by atoms with E-state index in [4.69, 9.17) is 4.74 Å². The fraction of sp³-hybridized carbons (Fsp3) is 0.600. The number of carbonyl (C=O) groups is 1. The predicted octanol–water partition coefficient (Wildman–Crippen LogP) is 2.40. The summed E-state index contributed by atoms with van der Waals surface area (Å²) in [7, 11) is 0. The molecule has 0 radical (unpaired) electrons. The van der Waals surface area contributed by atoms with E-state index in [2.05, 4.69) is 10.3 Å². The number of nitrogens with one attached hydrogen (secondary N) is 1. The number of rotatable bonds is 4. The Bertz CT molecular complexity index is 543. The van der Waals surface area contributed by atoms with Crippen LogP contribution in [0.3, 0.4) is 0 Å². The largest absolute Gasteiger partial charge is 0.433 e. The van der Waals surface area contributed by atoms with Gasteiger partial charge in [-0.25, -0.2) is 4.98 Å². The fourth-order valence-electron chi connectivity index (χ4n) is 2.33. The minimum Gasteiger partial charge on any atom is -0.378 e. The molecule has 1 aliphatic heterocycles. The van der Waals surface area contributed by atoms with Crippen LogP contribution in [-0.2, 0) is 15.7 Å². The highest BCUT2D eigenvalue weighted by Crippen LogP contribution is 2.28. The molecular formula is C15H20F3N3O2. The van der Waals surface area contributed by atoms with Crippen LogP contribution in [-0.4, -0.2) is 48.1 Å². The number of halogens is 3. The third kappa shape index (κ3) is 4.57. The van der Waals surface area contributed by atoms with Gasteiger partial charge in [0.2, 0.25) is 5.91 Å². The molecule has 1 saturated heterocycles. The Balaban J connectivity index is 2.14. The number of aromatic nitrogens is 1. The van der Waals surface area contributed by atoms with Crippen molar-refractivity contribution in [3.05, 3.63) is 23.9 Å². The van der Waals surface area contributed by atoms with Crippen molar-refractivity contribution in [3.8, 4) is 0 Å². The van der Waals surface area contributed by atoms with Crippen molar-refractivity contribution >= 4 is 11.7 Å². The fourth-order valence-corrected chi connectivity index (χ4v) is 2.33. The molecule has 1 N–H and O–H groups in total. The maximum Gasteiger partial charge on any atom is 0.433 e. The van der Waals surface area contributed by atoms with Gasteiger partial charge in [-0.3, -0.25) is 4.79 Å². The van der Waals surface area contributed by atoms with Crippen molar-refractivity contribution in [1.29, 1.82) is 0 Å². The van der Waals surface area contributed by atoms with E-state index >= 15 is 0 Å². The number of anilines is 1. The first-order valence-electron chi connectivity index (χ1n) is 7.46. The summed E-state index contributed by atoms with van der Waals surface area (Å²) in [5, 5.41) is 2.84. The molecule has 1 atom stereocenters. The summed E-state index contributed by atoms with van der Waals surface area (Å²) in [5.41, 5.74) is -0.983.